The lowest BCUT2D eigenvalue weighted by Crippen LogP contribution is -2.12. The number of alkyl halides is 2. The van der Waals surface area contributed by atoms with Gasteiger partial charge in [-0.1, -0.05) is 18.2 Å². The Hall–Kier alpha value is -1.47. The molecule has 0 radical (unpaired) electrons. The Morgan fingerprint density at radius 3 is 2.53 bits per heavy atom. The van der Waals surface area contributed by atoms with Crippen LogP contribution in [-0.2, 0) is 16.6 Å². The fourth-order valence-corrected chi connectivity index (χ4v) is 2.49. The molecule has 0 atom stereocenters. The number of nitrogens with zero attached hydrogens (tertiary/aromatic N) is 1. The minimum absolute atomic E-state index is 0.131. The molecule has 4 nitrogen and oxygen atoms in total. The molecular weight excluding hydrogens is 250 g/mol. The molecule has 2 aromatic rings. The Balaban J connectivity index is 2.71. The van der Waals surface area contributed by atoms with Gasteiger partial charge >= 0.3 is 0 Å². The van der Waals surface area contributed by atoms with Gasteiger partial charge in [-0.05, 0) is 6.07 Å². The van der Waals surface area contributed by atoms with Crippen LogP contribution in [0, 0.1) is 0 Å². The van der Waals surface area contributed by atoms with Gasteiger partial charge in [-0.25, -0.2) is 22.3 Å². The first kappa shape index (κ1) is 12.0. The molecule has 1 heterocycles. The number of benzene rings is 1. The van der Waals surface area contributed by atoms with E-state index in [9.17, 15) is 17.2 Å². The zero-order chi connectivity index (χ0) is 12.6. The van der Waals surface area contributed by atoms with Crippen LogP contribution in [0.4, 0.5) is 8.78 Å². The minimum Gasteiger partial charge on any atom is -0.340 e. The molecule has 0 aliphatic carbocycles. The second kappa shape index (κ2) is 4.08. The quantitative estimate of drug-likeness (QED) is 0.910. The van der Waals surface area contributed by atoms with Gasteiger partial charge in [0.2, 0.25) is 10.0 Å². The van der Waals surface area contributed by atoms with E-state index in [0.29, 0.717) is 10.9 Å². The molecular formula is C10H10F2N2O2S. The summed E-state index contributed by atoms with van der Waals surface area (Å²) in [6.45, 7) is -0.559. The normalized spacial score (nSPS) is 12.5. The average Bonchev–Trinajstić information content (AvgIpc) is 2.56. The number of nitrogens with two attached hydrogens (primary N) is 1. The highest BCUT2D eigenvalue weighted by molar-refractivity contribution is 7.89. The van der Waals surface area contributed by atoms with Crippen LogP contribution < -0.4 is 5.14 Å². The van der Waals surface area contributed by atoms with Gasteiger partial charge in [0, 0.05) is 17.1 Å². The summed E-state index contributed by atoms with van der Waals surface area (Å²) >= 11 is 0. The zero-order valence-corrected chi connectivity index (χ0v) is 9.49. The maximum Gasteiger partial charge on any atom is 0.256 e. The summed E-state index contributed by atoms with van der Waals surface area (Å²) in [5.74, 6) is 0. The second-order valence-electron chi connectivity index (χ2n) is 3.60. The fraction of sp³-hybridized carbons (Fsp3) is 0.200. The predicted molar refractivity (Wildman–Crippen MR) is 59.3 cm³/mol. The van der Waals surface area contributed by atoms with E-state index in [4.69, 9.17) is 5.14 Å². The molecule has 7 heteroatoms. The topological polar surface area (TPSA) is 65.1 Å². The number of para-hydroxylation sites is 1. The van der Waals surface area contributed by atoms with E-state index < -0.39 is 23.0 Å². The van der Waals surface area contributed by atoms with Crippen LogP contribution in [0.3, 0.4) is 0 Å². The monoisotopic (exact) mass is 260 g/mol. The van der Waals surface area contributed by atoms with E-state index in [1.165, 1.54) is 10.6 Å². The van der Waals surface area contributed by atoms with Crippen molar-refractivity contribution < 1.29 is 17.2 Å². The number of fused-ring (bicyclic) bond motifs is 1. The molecule has 0 bridgehead atoms. The molecule has 0 amide bonds. The van der Waals surface area contributed by atoms with Crippen LogP contribution in [-0.4, -0.2) is 19.4 Å². The van der Waals surface area contributed by atoms with E-state index in [0.717, 1.165) is 6.20 Å². The van der Waals surface area contributed by atoms with Gasteiger partial charge in [0.05, 0.1) is 6.54 Å². The largest absolute Gasteiger partial charge is 0.340 e. The molecule has 0 saturated carbocycles. The van der Waals surface area contributed by atoms with Crippen molar-refractivity contribution in [3.8, 4) is 0 Å². The van der Waals surface area contributed by atoms with Gasteiger partial charge in [-0.2, -0.15) is 0 Å². The highest BCUT2D eigenvalue weighted by Crippen LogP contribution is 2.24. The molecule has 2 rings (SSSR count). The van der Waals surface area contributed by atoms with Gasteiger partial charge in [0.25, 0.3) is 6.43 Å². The van der Waals surface area contributed by atoms with E-state index >= 15 is 0 Å². The van der Waals surface area contributed by atoms with Crippen molar-refractivity contribution in [1.29, 1.82) is 0 Å². The average molecular weight is 260 g/mol. The standard InChI is InChI=1S/C10H10F2N2O2S/c11-10(12)6-14-5-9(17(13,15)16)7-3-1-2-4-8(7)14/h1-5,10H,6H2,(H2,13,15,16). The Bertz CT molecular complexity index is 649. The van der Waals surface area contributed by atoms with Crippen molar-refractivity contribution in [3.05, 3.63) is 30.5 Å². The van der Waals surface area contributed by atoms with Gasteiger partial charge in [0.1, 0.15) is 4.90 Å². The molecule has 0 aliphatic heterocycles. The highest BCUT2D eigenvalue weighted by atomic mass is 32.2. The summed E-state index contributed by atoms with van der Waals surface area (Å²) in [6, 6.07) is 6.39. The van der Waals surface area contributed by atoms with Crippen LogP contribution in [0.15, 0.2) is 35.4 Å². The van der Waals surface area contributed by atoms with Crippen molar-refractivity contribution in [2.75, 3.05) is 0 Å². The lowest BCUT2D eigenvalue weighted by atomic mass is 10.2. The molecule has 92 valence electrons. The van der Waals surface area contributed by atoms with Crippen molar-refractivity contribution in [3.63, 3.8) is 0 Å². The first-order valence-corrected chi connectivity index (χ1v) is 6.33. The summed E-state index contributed by atoms with van der Waals surface area (Å²) in [7, 11) is -3.91. The van der Waals surface area contributed by atoms with E-state index in [1.807, 2.05) is 0 Å². The number of primary sulfonamides is 1. The third kappa shape index (κ3) is 2.29. The summed E-state index contributed by atoms with van der Waals surface area (Å²) in [6.07, 6.45) is -1.41. The number of rotatable bonds is 3. The Labute approximate surface area is 96.7 Å². The van der Waals surface area contributed by atoms with Crippen molar-refractivity contribution in [2.45, 2.75) is 17.9 Å². The van der Waals surface area contributed by atoms with Crippen LogP contribution in [0.5, 0.6) is 0 Å². The second-order valence-corrected chi connectivity index (χ2v) is 5.13. The smallest absolute Gasteiger partial charge is 0.256 e. The van der Waals surface area contributed by atoms with Gasteiger partial charge in [-0.15, -0.1) is 0 Å². The molecule has 0 saturated heterocycles. The molecule has 1 aromatic heterocycles. The van der Waals surface area contributed by atoms with Crippen LogP contribution in [0.2, 0.25) is 0 Å². The third-order valence-electron chi connectivity index (χ3n) is 2.39. The molecule has 17 heavy (non-hydrogen) atoms. The number of hydrogen-bond donors (Lipinski definition) is 1. The molecule has 0 unspecified atom stereocenters. The maximum atomic E-state index is 12.4. The fourth-order valence-electron chi connectivity index (χ4n) is 1.74. The summed E-state index contributed by atoms with van der Waals surface area (Å²) in [5, 5.41) is 5.40. The van der Waals surface area contributed by atoms with Crippen molar-refractivity contribution in [1.82, 2.24) is 4.57 Å². The molecule has 0 fully saturated rings. The lowest BCUT2D eigenvalue weighted by Gasteiger charge is -2.02. The van der Waals surface area contributed by atoms with E-state index in [-0.39, 0.29) is 4.90 Å². The summed E-state index contributed by atoms with van der Waals surface area (Å²) < 4.78 is 48.5. The predicted octanol–water partition coefficient (Wildman–Crippen LogP) is 1.55. The van der Waals surface area contributed by atoms with Crippen molar-refractivity contribution in [2.24, 2.45) is 5.14 Å². The first-order valence-electron chi connectivity index (χ1n) is 4.78. The van der Waals surface area contributed by atoms with Gasteiger partial charge in [0.15, 0.2) is 0 Å². The van der Waals surface area contributed by atoms with Crippen LogP contribution in [0.25, 0.3) is 10.9 Å². The highest BCUT2D eigenvalue weighted by Gasteiger charge is 2.18. The lowest BCUT2D eigenvalue weighted by molar-refractivity contribution is 0.128. The molecule has 2 N–H and O–H groups in total. The minimum atomic E-state index is -3.91. The zero-order valence-electron chi connectivity index (χ0n) is 8.68. The van der Waals surface area contributed by atoms with Gasteiger partial charge < -0.3 is 4.57 Å². The molecule has 1 aromatic carbocycles. The van der Waals surface area contributed by atoms with E-state index in [1.54, 1.807) is 18.2 Å². The van der Waals surface area contributed by atoms with Crippen molar-refractivity contribution >= 4 is 20.9 Å². The third-order valence-corrected chi connectivity index (χ3v) is 3.33. The maximum absolute atomic E-state index is 12.4. The number of sulfonamides is 1. The van der Waals surface area contributed by atoms with Crippen LogP contribution in [0.1, 0.15) is 0 Å². The Kier molecular flexibility index (Phi) is 2.88. The number of halogens is 2. The summed E-state index contributed by atoms with van der Waals surface area (Å²) in [5.41, 5.74) is 0.428. The number of hydrogen-bond acceptors (Lipinski definition) is 2. The number of aromatic nitrogens is 1. The Morgan fingerprint density at radius 1 is 1.29 bits per heavy atom. The Morgan fingerprint density at radius 2 is 1.94 bits per heavy atom. The molecule has 0 spiro atoms. The first-order chi connectivity index (χ1) is 7.89. The summed E-state index contributed by atoms with van der Waals surface area (Å²) in [4.78, 5) is -0.131. The van der Waals surface area contributed by atoms with Gasteiger partial charge in [-0.3, -0.25) is 0 Å². The molecule has 0 aliphatic rings. The SMILES string of the molecule is NS(=O)(=O)c1cn(CC(F)F)c2ccccc12. The van der Waals surface area contributed by atoms with Crippen LogP contribution >= 0.6 is 0 Å². The van der Waals surface area contributed by atoms with E-state index in [2.05, 4.69) is 0 Å².